The van der Waals surface area contributed by atoms with Crippen molar-refractivity contribution in [3.63, 3.8) is 0 Å². The Morgan fingerprint density at radius 1 is 1.41 bits per heavy atom. The van der Waals surface area contributed by atoms with E-state index in [1.165, 1.54) is 4.90 Å². The molecule has 1 aliphatic rings. The van der Waals surface area contributed by atoms with Gasteiger partial charge in [-0.1, -0.05) is 12.1 Å². The van der Waals surface area contributed by atoms with Gasteiger partial charge in [-0.05, 0) is 29.8 Å². The molecule has 5 nitrogen and oxygen atoms in total. The SMILES string of the molecule is CN1C(=O)C[C@@H](c2ccc(-c3cccc(C#N)c3)s2)N=C1N. The second kappa shape index (κ2) is 5.62. The smallest absolute Gasteiger partial charge is 0.231 e. The van der Waals surface area contributed by atoms with Crippen LogP contribution in [-0.2, 0) is 4.79 Å². The predicted molar refractivity (Wildman–Crippen MR) is 86.2 cm³/mol. The number of amides is 1. The highest BCUT2D eigenvalue weighted by Crippen LogP contribution is 2.35. The van der Waals surface area contributed by atoms with Gasteiger partial charge in [-0.2, -0.15) is 5.26 Å². The zero-order valence-electron chi connectivity index (χ0n) is 12.0. The highest BCUT2D eigenvalue weighted by molar-refractivity contribution is 7.15. The van der Waals surface area contributed by atoms with Crippen LogP contribution in [0.2, 0.25) is 0 Å². The van der Waals surface area contributed by atoms with Crippen LogP contribution in [0.5, 0.6) is 0 Å². The van der Waals surface area contributed by atoms with Crippen LogP contribution in [0.25, 0.3) is 10.4 Å². The number of nitriles is 1. The first kappa shape index (κ1) is 14.3. The molecule has 22 heavy (non-hydrogen) atoms. The van der Waals surface area contributed by atoms with Crippen LogP contribution in [0.1, 0.15) is 22.9 Å². The monoisotopic (exact) mass is 310 g/mol. The number of thiophene rings is 1. The average molecular weight is 310 g/mol. The molecule has 0 saturated heterocycles. The van der Waals surface area contributed by atoms with Crippen molar-refractivity contribution in [3.8, 4) is 16.5 Å². The number of hydrogen-bond acceptors (Lipinski definition) is 5. The Kier molecular flexibility index (Phi) is 3.65. The van der Waals surface area contributed by atoms with Gasteiger partial charge in [0.25, 0.3) is 0 Å². The van der Waals surface area contributed by atoms with Crippen molar-refractivity contribution >= 4 is 23.2 Å². The molecule has 0 spiro atoms. The standard InChI is InChI=1S/C16H14N4OS/c1-20-15(21)8-12(19-16(20)18)14-6-5-13(22-14)11-4-2-3-10(7-11)9-17/h2-7,12H,8H2,1H3,(H2,18,19)/t12-/m0/s1. The Morgan fingerprint density at radius 3 is 2.95 bits per heavy atom. The van der Waals surface area contributed by atoms with Crippen LogP contribution >= 0.6 is 11.3 Å². The molecule has 0 bridgehead atoms. The number of hydrogen-bond donors (Lipinski definition) is 1. The summed E-state index contributed by atoms with van der Waals surface area (Å²) < 4.78 is 0. The molecule has 2 aromatic rings. The van der Waals surface area contributed by atoms with Crippen molar-refractivity contribution in [1.82, 2.24) is 4.90 Å². The summed E-state index contributed by atoms with van der Waals surface area (Å²) in [5, 5.41) is 8.98. The number of nitrogens with zero attached hydrogens (tertiary/aromatic N) is 3. The second-order valence-electron chi connectivity index (χ2n) is 5.05. The summed E-state index contributed by atoms with van der Waals surface area (Å²) in [5.41, 5.74) is 7.40. The maximum Gasteiger partial charge on any atom is 0.231 e. The van der Waals surface area contributed by atoms with Gasteiger partial charge in [0, 0.05) is 16.8 Å². The third-order valence-electron chi connectivity index (χ3n) is 3.61. The zero-order chi connectivity index (χ0) is 15.7. The largest absolute Gasteiger partial charge is 0.369 e. The summed E-state index contributed by atoms with van der Waals surface area (Å²) in [6, 6.07) is 13.3. The van der Waals surface area contributed by atoms with Crippen molar-refractivity contribution < 1.29 is 4.79 Å². The number of rotatable bonds is 2. The minimum Gasteiger partial charge on any atom is -0.369 e. The predicted octanol–water partition coefficient (Wildman–Crippen LogP) is 2.50. The normalized spacial score (nSPS) is 18.0. The first-order chi connectivity index (χ1) is 10.6. The summed E-state index contributed by atoms with van der Waals surface area (Å²) in [6.45, 7) is 0. The Bertz CT molecular complexity index is 802. The molecule has 1 atom stereocenters. The molecule has 6 heteroatoms. The maximum atomic E-state index is 11.9. The van der Waals surface area contributed by atoms with E-state index in [0.717, 1.165) is 15.3 Å². The number of aliphatic imine (C=N–C) groups is 1. The second-order valence-corrected chi connectivity index (χ2v) is 6.17. The molecule has 2 N–H and O–H groups in total. The number of guanidine groups is 1. The van der Waals surface area contributed by atoms with Crippen LogP contribution in [-0.4, -0.2) is 23.8 Å². The number of carbonyl (C=O) groups is 1. The van der Waals surface area contributed by atoms with Crippen LogP contribution < -0.4 is 5.73 Å². The third kappa shape index (κ3) is 2.59. The Hall–Kier alpha value is -2.65. The summed E-state index contributed by atoms with van der Waals surface area (Å²) in [4.78, 5) is 19.7. The van der Waals surface area contributed by atoms with E-state index < -0.39 is 0 Å². The van der Waals surface area contributed by atoms with E-state index >= 15 is 0 Å². The van der Waals surface area contributed by atoms with E-state index in [-0.39, 0.29) is 17.9 Å². The first-order valence-corrected chi connectivity index (χ1v) is 7.60. The molecule has 2 heterocycles. The molecular weight excluding hydrogens is 296 g/mol. The minimum atomic E-state index is -0.221. The Labute approximate surface area is 132 Å². The highest BCUT2D eigenvalue weighted by Gasteiger charge is 2.26. The molecule has 0 aliphatic carbocycles. The molecule has 1 aliphatic heterocycles. The zero-order valence-corrected chi connectivity index (χ0v) is 12.8. The van der Waals surface area contributed by atoms with E-state index in [1.807, 2.05) is 30.3 Å². The summed E-state index contributed by atoms with van der Waals surface area (Å²) >= 11 is 1.57. The lowest BCUT2D eigenvalue weighted by Crippen LogP contribution is -2.42. The van der Waals surface area contributed by atoms with E-state index in [9.17, 15) is 4.79 Å². The van der Waals surface area contributed by atoms with Gasteiger partial charge in [0.1, 0.15) is 0 Å². The van der Waals surface area contributed by atoms with Gasteiger partial charge in [0.05, 0.1) is 24.1 Å². The van der Waals surface area contributed by atoms with Crippen LogP contribution in [0.3, 0.4) is 0 Å². The van der Waals surface area contributed by atoms with Crippen molar-refractivity contribution in [2.75, 3.05) is 7.05 Å². The van der Waals surface area contributed by atoms with Gasteiger partial charge in [0.15, 0.2) is 5.96 Å². The number of benzene rings is 1. The van der Waals surface area contributed by atoms with Gasteiger partial charge in [0.2, 0.25) is 5.91 Å². The van der Waals surface area contributed by atoms with E-state index in [2.05, 4.69) is 11.1 Å². The van der Waals surface area contributed by atoms with Gasteiger partial charge in [-0.3, -0.25) is 9.69 Å². The molecule has 3 rings (SSSR count). The Balaban J connectivity index is 1.91. The molecular formula is C16H14N4OS. The highest BCUT2D eigenvalue weighted by atomic mass is 32.1. The van der Waals surface area contributed by atoms with Crippen molar-refractivity contribution in [2.24, 2.45) is 10.7 Å². The van der Waals surface area contributed by atoms with Gasteiger partial charge in [-0.15, -0.1) is 11.3 Å². The molecule has 0 unspecified atom stereocenters. The van der Waals surface area contributed by atoms with Crippen molar-refractivity contribution in [2.45, 2.75) is 12.5 Å². The lowest BCUT2D eigenvalue weighted by molar-refractivity contribution is -0.127. The molecule has 1 aromatic carbocycles. The quantitative estimate of drug-likeness (QED) is 0.925. The van der Waals surface area contributed by atoms with Gasteiger partial charge < -0.3 is 5.73 Å². The van der Waals surface area contributed by atoms with Crippen LogP contribution in [0.15, 0.2) is 41.4 Å². The minimum absolute atomic E-state index is 0.0288. The lowest BCUT2D eigenvalue weighted by Gasteiger charge is -2.24. The summed E-state index contributed by atoms with van der Waals surface area (Å²) in [7, 11) is 1.63. The Morgan fingerprint density at radius 2 is 2.23 bits per heavy atom. The van der Waals surface area contributed by atoms with Gasteiger partial charge >= 0.3 is 0 Å². The molecule has 0 saturated carbocycles. The topological polar surface area (TPSA) is 82.5 Å². The average Bonchev–Trinajstić information content (AvgIpc) is 3.02. The first-order valence-electron chi connectivity index (χ1n) is 6.78. The van der Waals surface area contributed by atoms with Crippen LogP contribution in [0, 0.1) is 11.3 Å². The number of nitrogens with two attached hydrogens (primary N) is 1. The fourth-order valence-corrected chi connectivity index (χ4v) is 3.36. The van der Waals surface area contributed by atoms with E-state index in [1.54, 1.807) is 24.5 Å². The molecule has 1 amide bonds. The lowest BCUT2D eigenvalue weighted by atomic mass is 10.1. The fraction of sp³-hybridized carbons (Fsp3) is 0.188. The third-order valence-corrected chi connectivity index (χ3v) is 4.84. The molecule has 0 fully saturated rings. The maximum absolute atomic E-state index is 11.9. The van der Waals surface area contributed by atoms with E-state index in [4.69, 9.17) is 11.0 Å². The van der Waals surface area contributed by atoms with E-state index in [0.29, 0.717) is 12.0 Å². The molecule has 110 valence electrons. The van der Waals surface area contributed by atoms with Crippen LogP contribution in [0.4, 0.5) is 0 Å². The van der Waals surface area contributed by atoms with Gasteiger partial charge in [-0.25, -0.2) is 4.99 Å². The molecule has 0 radical (unpaired) electrons. The fourth-order valence-electron chi connectivity index (χ4n) is 2.32. The number of carbonyl (C=O) groups excluding carboxylic acids is 1. The van der Waals surface area contributed by atoms with Crippen molar-refractivity contribution in [1.29, 1.82) is 5.26 Å². The summed E-state index contributed by atoms with van der Waals surface area (Å²) in [6.07, 6.45) is 0.329. The van der Waals surface area contributed by atoms with Crippen molar-refractivity contribution in [3.05, 3.63) is 46.8 Å². The molecule has 1 aromatic heterocycles. The summed E-state index contributed by atoms with van der Waals surface area (Å²) in [5.74, 6) is 0.224.